The first-order chi connectivity index (χ1) is 11.3. The van der Waals surface area contributed by atoms with Crippen LogP contribution in [-0.4, -0.2) is 22.9 Å². The monoisotopic (exact) mass is 338 g/mol. The van der Waals surface area contributed by atoms with Gasteiger partial charge in [0.25, 0.3) is 5.91 Å². The molecule has 1 aromatic heterocycles. The minimum Gasteiger partial charge on any atom is -0.347 e. The Morgan fingerprint density at radius 3 is 2.21 bits per heavy atom. The molecule has 1 heterocycles. The van der Waals surface area contributed by atoms with E-state index in [1.54, 1.807) is 0 Å². The summed E-state index contributed by atoms with van der Waals surface area (Å²) in [6, 6.07) is 8.74. The maximum Gasteiger partial charge on any atom is 0.451 e. The second-order valence-corrected chi connectivity index (χ2v) is 5.25. The Hall–Kier alpha value is -2.48. The van der Waals surface area contributed by atoms with Crippen LogP contribution in [0.25, 0.3) is 0 Å². The molecule has 8 heteroatoms. The number of aryl methyl sites for hydroxylation is 1. The van der Waals surface area contributed by atoms with Gasteiger partial charge in [0.15, 0.2) is 0 Å². The average Bonchev–Trinajstić information content (AvgIpc) is 2.53. The van der Waals surface area contributed by atoms with Crippen molar-refractivity contribution in [3.05, 3.63) is 58.7 Å². The molecule has 0 aliphatic heterocycles. The number of carbonyl (C=O) groups excluding carboxylic acids is 1. The standard InChI is InChI=1S/C16H17F3N4O/c1-10-7-13(23-15(22-10)16(17,18)19)14(24)21-9-12-5-3-11(4-6-12)8-20-2/h3-7,20H,8-9H2,1-2H3,(H,21,24). The summed E-state index contributed by atoms with van der Waals surface area (Å²) in [5.41, 5.74) is 1.71. The number of hydrogen-bond acceptors (Lipinski definition) is 4. The zero-order chi connectivity index (χ0) is 17.7. The van der Waals surface area contributed by atoms with Gasteiger partial charge in [-0.2, -0.15) is 13.2 Å². The number of rotatable bonds is 5. The van der Waals surface area contributed by atoms with E-state index in [-0.39, 0.29) is 17.9 Å². The number of benzene rings is 1. The molecule has 0 spiro atoms. The molecule has 1 aromatic carbocycles. The highest BCUT2D eigenvalue weighted by atomic mass is 19.4. The highest BCUT2D eigenvalue weighted by Gasteiger charge is 2.35. The third kappa shape index (κ3) is 4.76. The van der Waals surface area contributed by atoms with Crippen molar-refractivity contribution in [3.8, 4) is 0 Å². The molecule has 128 valence electrons. The maximum absolute atomic E-state index is 12.7. The van der Waals surface area contributed by atoms with Gasteiger partial charge in [-0.1, -0.05) is 24.3 Å². The maximum atomic E-state index is 12.7. The van der Waals surface area contributed by atoms with Crippen LogP contribution in [0.4, 0.5) is 13.2 Å². The van der Waals surface area contributed by atoms with Gasteiger partial charge in [-0.05, 0) is 31.2 Å². The molecule has 2 N–H and O–H groups in total. The van der Waals surface area contributed by atoms with Crippen LogP contribution < -0.4 is 10.6 Å². The summed E-state index contributed by atoms with van der Waals surface area (Å²) in [5, 5.41) is 5.58. The largest absolute Gasteiger partial charge is 0.451 e. The highest BCUT2D eigenvalue weighted by molar-refractivity contribution is 5.92. The molecular formula is C16H17F3N4O. The molecule has 0 aliphatic carbocycles. The number of nitrogens with zero attached hydrogens (tertiary/aromatic N) is 2. The van der Waals surface area contributed by atoms with E-state index in [1.807, 2.05) is 31.3 Å². The Balaban J connectivity index is 2.06. The van der Waals surface area contributed by atoms with Crippen LogP contribution in [0.5, 0.6) is 0 Å². The number of nitrogens with one attached hydrogen (secondary N) is 2. The lowest BCUT2D eigenvalue weighted by Gasteiger charge is -2.09. The molecule has 5 nitrogen and oxygen atoms in total. The first-order valence-corrected chi connectivity index (χ1v) is 7.23. The van der Waals surface area contributed by atoms with Gasteiger partial charge in [0.05, 0.1) is 0 Å². The Morgan fingerprint density at radius 2 is 1.67 bits per heavy atom. The van der Waals surface area contributed by atoms with E-state index in [2.05, 4.69) is 20.6 Å². The molecule has 0 unspecified atom stereocenters. The molecular weight excluding hydrogens is 321 g/mol. The molecule has 0 saturated heterocycles. The summed E-state index contributed by atoms with van der Waals surface area (Å²) in [6.45, 7) is 2.31. The smallest absolute Gasteiger partial charge is 0.347 e. The quantitative estimate of drug-likeness (QED) is 0.879. The van der Waals surface area contributed by atoms with Gasteiger partial charge < -0.3 is 10.6 Å². The van der Waals surface area contributed by atoms with Crippen molar-refractivity contribution in [1.29, 1.82) is 0 Å². The van der Waals surface area contributed by atoms with Crippen molar-refractivity contribution < 1.29 is 18.0 Å². The normalized spacial score (nSPS) is 11.4. The first kappa shape index (κ1) is 17.9. The summed E-state index contributed by atoms with van der Waals surface area (Å²) in [4.78, 5) is 18.7. The van der Waals surface area contributed by atoms with Crippen LogP contribution in [0.3, 0.4) is 0 Å². The zero-order valence-electron chi connectivity index (χ0n) is 13.2. The number of alkyl halides is 3. The summed E-state index contributed by atoms with van der Waals surface area (Å²) >= 11 is 0. The third-order valence-electron chi connectivity index (χ3n) is 3.20. The summed E-state index contributed by atoms with van der Waals surface area (Å²) < 4.78 is 38.1. The molecule has 0 atom stereocenters. The molecule has 0 saturated carbocycles. The fraction of sp³-hybridized carbons (Fsp3) is 0.312. The fourth-order valence-corrected chi connectivity index (χ4v) is 2.06. The van der Waals surface area contributed by atoms with E-state index < -0.39 is 17.9 Å². The van der Waals surface area contributed by atoms with Crippen molar-refractivity contribution >= 4 is 5.91 Å². The molecule has 0 fully saturated rings. The first-order valence-electron chi connectivity index (χ1n) is 7.23. The Labute approximate surface area is 137 Å². The third-order valence-corrected chi connectivity index (χ3v) is 3.20. The molecule has 0 aliphatic rings. The Bertz CT molecular complexity index is 714. The second-order valence-electron chi connectivity index (χ2n) is 5.25. The predicted molar refractivity (Wildman–Crippen MR) is 82.1 cm³/mol. The van der Waals surface area contributed by atoms with Gasteiger partial charge in [-0.25, -0.2) is 9.97 Å². The minimum absolute atomic E-state index is 0.0823. The molecule has 2 aromatic rings. The predicted octanol–water partition coefficient (Wildman–Crippen LogP) is 2.45. The molecule has 0 bridgehead atoms. The lowest BCUT2D eigenvalue weighted by atomic mass is 10.1. The summed E-state index contributed by atoms with van der Waals surface area (Å²) in [5.74, 6) is -1.99. The van der Waals surface area contributed by atoms with E-state index in [0.29, 0.717) is 0 Å². The number of halogens is 3. The lowest BCUT2D eigenvalue weighted by Crippen LogP contribution is -2.25. The Morgan fingerprint density at radius 1 is 1.08 bits per heavy atom. The number of hydrogen-bond donors (Lipinski definition) is 2. The van der Waals surface area contributed by atoms with Crippen molar-refractivity contribution in [1.82, 2.24) is 20.6 Å². The van der Waals surface area contributed by atoms with E-state index in [0.717, 1.165) is 17.7 Å². The van der Waals surface area contributed by atoms with Gasteiger partial charge in [-0.15, -0.1) is 0 Å². The van der Waals surface area contributed by atoms with Crippen LogP contribution in [0, 0.1) is 6.92 Å². The topological polar surface area (TPSA) is 66.9 Å². The van der Waals surface area contributed by atoms with E-state index in [4.69, 9.17) is 0 Å². The molecule has 24 heavy (non-hydrogen) atoms. The minimum atomic E-state index is -4.69. The van der Waals surface area contributed by atoms with Crippen LogP contribution >= 0.6 is 0 Å². The van der Waals surface area contributed by atoms with Crippen LogP contribution in [0.1, 0.15) is 33.1 Å². The van der Waals surface area contributed by atoms with Crippen LogP contribution in [0.2, 0.25) is 0 Å². The van der Waals surface area contributed by atoms with Gasteiger partial charge in [0.2, 0.25) is 5.82 Å². The van der Waals surface area contributed by atoms with E-state index in [9.17, 15) is 18.0 Å². The van der Waals surface area contributed by atoms with E-state index >= 15 is 0 Å². The van der Waals surface area contributed by atoms with Crippen molar-refractivity contribution in [2.24, 2.45) is 0 Å². The second kappa shape index (κ2) is 7.39. The number of carbonyl (C=O) groups is 1. The Kier molecular flexibility index (Phi) is 5.50. The SMILES string of the molecule is CNCc1ccc(CNC(=O)c2cc(C)nc(C(F)(F)F)n2)cc1. The van der Waals surface area contributed by atoms with Crippen LogP contribution in [-0.2, 0) is 19.3 Å². The summed E-state index contributed by atoms with van der Waals surface area (Å²) in [6.07, 6.45) is -4.69. The molecule has 1 amide bonds. The van der Waals surface area contributed by atoms with Crippen molar-refractivity contribution in [3.63, 3.8) is 0 Å². The zero-order valence-corrected chi connectivity index (χ0v) is 13.2. The fourth-order valence-electron chi connectivity index (χ4n) is 2.06. The van der Waals surface area contributed by atoms with Crippen molar-refractivity contribution in [2.75, 3.05) is 7.05 Å². The number of aromatic nitrogens is 2. The number of amides is 1. The van der Waals surface area contributed by atoms with Gasteiger partial charge >= 0.3 is 6.18 Å². The van der Waals surface area contributed by atoms with Crippen LogP contribution in [0.15, 0.2) is 30.3 Å². The highest BCUT2D eigenvalue weighted by Crippen LogP contribution is 2.26. The van der Waals surface area contributed by atoms with Gasteiger partial charge in [0.1, 0.15) is 5.69 Å². The molecule has 2 rings (SSSR count). The molecule has 0 radical (unpaired) electrons. The van der Waals surface area contributed by atoms with E-state index in [1.165, 1.54) is 13.0 Å². The summed E-state index contributed by atoms with van der Waals surface area (Å²) in [7, 11) is 1.84. The van der Waals surface area contributed by atoms with Gasteiger partial charge in [-0.3, -0.25) is 4.79 Å². The van der Waals surface area contributed by atoms with Crippen molar-refractivity contribution in [2.45, 2.75) is 26.2 Å². The lowest BCUT2D eigenvalue weighted by molar-refractivity contribution is -0.145. The van der Waals surface area contributed by atoms with Gasteiger partial charge in [0, 0.05) is 18.8 Å². The average molecular weight is 338 g/mol.